The third-order valence-corrected chi connectivity index (χ3v) is 5.52. The Hall–Kier alpha value is -3.71. The van der Waals surface area contributed by atoms with E-state index >= 15 is 0 Å². The Labute approximate surface area is 213 Å². The van der Waals surface area contributed by atoms with Crippen LogP contribution >= 0.6 is 0 Å². The van der Waals surface area contributed by atoms with E-state index in [0.717, 1.165) is 11.1 Å². The number of anilines is 1. The highest BCUT2D eigenvalue weighted by Crippen LogP contribution is 2.21. The summed E-state index contributed by atoms with van der Waals surface area (Å²) in [6.07, 6.45) is -0.797. The number of carbonyl (C=O) groups is 1. The van der Waals surface area contributed by atoms with Crippen LogP contribution in [0, 0.1) is 0 Å². The summed E-state index contributed by atoms with van der Waals surface area (Å²) in [4.78, 5) is 14.3. The minimum Gasteiger partial charge on any atom is -0.491 e. The molecule has 36 heavy (non-hydrogen) atoms. The number of nitrogen functional groups attached to an aromatic ring is 1. The van der Waals surface area contributed by atoms with Crippen LogP contribution in [0.2, 0.25) is 0 Å². The van der Waals surface area contributed by atoms with Crippen LogP contribution < -0.4 is 15.2 Å². The van der Waals surface area contributed by atoms with Crippen molar-refractivity contribution in [2.45, 2.75) is 45.4 Å². The normalized spacial score (nSPS) is 12.0. The van der Waals surface area contributed by atoms with E-state index in [0.29, 0.717) is 30.2 Å². The van der Waals surface area contributed by atoms with Gasteiger partial charge in [0.05, 0.1) is 13.2 Å². The van der Waals surface area contributed by atoms with Gasteiger partial charge in [-0.2, -0.15) is 0 Å². The average molecular weight is 493 g/mol. The quantitative estimate of drug-likeness (QED) is 0.363. The van der Waals surface area contributed by atoms with E-state index in [9.17, 15) is 9.90 Å². The number of hydrogen-bond donors (Lipinski definition) is 2. The molecule has 7 heteroatoms. The Balaban J connectivity index is 1.48. The van der Waals surface area contributed by atoms with E-state index in [2.05, 4.69) is 0 Å². The number of aliphatic hydroxyl groups is 1. The molecule has 0 radical (unpaired) electrons. The van der Waals surface area contributed by atoms with Gasteiger partial charge in [0, 0.05) is 23.7 Å². The van der Waals surface area contributed by atoms with Crippen molar-refractivity contribution in [1.82, 2.24) is 4.90 Å². The van der Waals surface area contributed by atoms with E-state index in [1.807, 2.05) is 87.5 Å². The summed E-state index contributed by atoms with van der Waals surface area (Å²) in [5, 5.41) is 10.6. The number of benzene rings is 3. The molecule has 7 nitrogen and oxygen atoms in total. The Morgan fingerprint density at radius 2 is 1.58 bits per heavy atom. The van der Waals surface area contributed by atoms with Gasteiger partial charge in [-0.15, -0.1) is 0 Å². The fourth-order valence-corrected chi connectivity index (χ4v) is 3.49. The van der Waals surface area contributed by atoms with Crippen molar-refractivity contribution in [2.75, 3.05) is 25.5 Å². The maximum Gasteiger partial charge on any atom is 0.410 e. The van der Waals surface area contributed by atoms with Gasteiger partial charge in [0.2, 0.25) is 0 Å². The maximum absolute atomic E-state index is 12.8. The molecule has 0 heterocycles. The molecule has 0 fully saturated rings. The summed E-state index contributed by atoms with van der Waals surface area (Å²) in [5.74, 6) is 1.25. The third kappa shape index (κ3) is 8.82. The first-order valence-electron chi connectivity index (χ1n) is 12.1. The van der Waals surface area contributed by atoms with Crippen molar-refractivity contribution in [3.8, 4) is 11.5 Å². The Morgan fingerprint density at radius 3 is 2.25 bits per heavy atom. The second-order valence-corrected chi connectivity index (χ2v) is 9.60. The van der Waals surface area contributed by atoms with E-state index in [4.69, 9.17) is 19.9 Å². The van der Waals surface area contributed by atoms with Crippen LogP contribution in [0.25, 0.3) is 0 Å². The molecule has 1 unspecified atom stereocenters. The zero-order valence-electron chi connectivity index (χ0n) is 21.2. The van der Waals surface area contributed by atoms with Crippen LogP contribution in [-0.4, -0.2) is 47.5 Å². The highest BCUT2D eigenvalue weighted by Gasteiger charge is 2.30. The molecule has 0 spiro atoms. The zero-order valence-corrected chi connectivity index (χ0v) is 21.2. The molecule has 1 atom stereocenters. The molecule has 3 rings (SSSR count). The van der Waals surface area contributed by atoms with Crippen LogP contribution in [0.4, 0.5) is 10.5 Å². The molecule has 0 bridgehead atoms. The molecule has 3 aromatic rings. The summed E-state index contributed by atoms with van der Waals surface area (Å²) in [6, 6.07) is 24.6. The molecular weight excluding hydrogens is 456 g/mol. The molecule has 1 amide bonds. The summed E-state index contributed by atoms with van der Waals surface area (Å²) in [7, 11) is 0. The largest absolute Gasteiger partial charge is 0.491 e. The fourth-order valence-electron chi connectivity index (χ4n) is 3.49. The summed E-state index contributed by atoms with van der Waals surface area (Å²) in [5.41, 5.74) is 7.97. The van der Waals surface area contributed by atoms with Crippen LogP contribution in [-0.2, 0) is 17.8 Å². The second-order valence-electron chi connectivity index (χ2n) is 9.60. The molecule has 3 N–H and O–H groups in total. The molecule has 3 aromatic carbocycles. The van der Waals surface area contributed by atoms with E-state index in [-0.39, 0.29) is 19.8 Å². The van der Waals surface area contributed by atoms with Crippen molar-refractivity contribution in [1.29, 1.82) is 0 Å². The smallest absolute Gasteiger partial charge is 0.410 e. The number of carbonyl (C=O) groups excluding carboxylic acids is 1. The van der Waals surface area contributed by atoms with Crippen molar-refractivity contribution in [2.24, 2.45) is 0 Å². The van der Waals surface area contributed by atoms with Gasteiger partial charge in [0.15, 0.2) is 0 Å². The fraction of sp³-hybridized carbons (Fsp3) is 0.345. The molecule has 0 aliphatic carbocycles. The topological polar surface area (TPSA) is 94.2 Å². The lowest BCUT2D eigenvalue weighted by Crippen LogP contribution is -2.50. The van der Waals surface area contributed by atoms with Crippen molar-refractivity contribution in [3.63, 3.8) is 0 Å². The maximum atomic E-state index is 12.8. The van der Waals surface area contributed by atoms with E-state index in [1.54, 1.807) is 12.1 Å². The Morgan fingerprint density at radius 1 is 0.917 bits per heavy atom. The first-order valence-corrected chi connectivity index (χ1v) is 12.1. The lowest BCUT2D eigenvalue weighted by molar-refractivity contribution is 0.0225. The number of hydrogen-bond acceptors (Lipinski definition) is 6. The standard InChI is InChI=1S/C29H36N2O5/c1-29(2,3)31(28(33)34-17-16-22-12-14-24(30)15-13-22)19-25(32)21-36-27-11-7-10-26(18-27)35-20-23-8-5-4-6-9-23/h4-15,18,25,32H,16-17,19-21,30H2,1-3H3. The highest BCUT2D eigenvalue weighted by molar-refractivity contribution is 5.68. The van der Waals surface area contributed by atoms with Gasteiger partial charge in [-0.25, -0.2) is 4.79 Å². The average Bonchev–Trinajstić information content (AvgIpc) is 2.86. The van der Waals surface area contributed by atoms with Gasteiger partial charge in [-0.3, -0.25) is 0 Å². The SMILES string of the molecule is CC(C)(C)N(CC(O)COc1cccc(OCc2ccccc2)c1)C(=O)OCCc1ccc(N)cc1. The number of β-amino-alcohol motifs (C(OH)–C–C–N with tert-alkyl or cyclic N) is 1. The molecule has 0 aliphatic rings. The molecule has 0 aromatic heterocycles. The van der Waals surface area contributed by atoms with Gasteiger partial charge in [0.25, 0.3) is 0 Å². The van der Waals surface area contributed by atoms with Crippen LogP contribution in [0.3, 0.4) is 0 Å². The van der Waals surface area contributed by atoms with Crippen LogP contribution in [0.1, 0.15) is 31.9 Å². The molecule has 0 saturated heterocycles. The minimum atomic E-state index is -0.900. The monoisotopic (exact) mass is 492 g/mol. The third-order valence-electron chi connectivity index (χ3n) is 5.52. The van der Waals surface area contributed by atoms with Crippen molar-refractivity contribution >= 4 is 11.8 Å². The van der Waals surface area contributed by atoms with E-state index < -0.39 is 17.7 Å². The summed E-state index contributed by atoms with van der Waals surface area (Å²) < 4.78 is 17.1. The van der Waals surface area contributed by atoms with Gasteiger partial charge < -0.3 is 30.0 Å². The summed E-state index contributed by atoms with van der Waals surface area (Å²) in [6.45, 7) is 6.48. The zero-order chi connectivity index (χ0) is 26.0. The number of rotatable bonds is 11. The van der Waals surface area contributed by atoms with Crippen molar-refractivity contribution in [3.05, 3.63) is 90.0 Å². The second kappa shape index (κ2) is 12.8. The lowest BCUT2D eigenvalue weighted by Gasteiger charge is -2.36. The number of ether oxygens (including phenoxy) is 3. The lowest BCUT2D eigenvalue weighted by atomic mass is 10.1. The van der Waals surface area contributed by atoms with Gasteiger partial charge in [0.1, 0.15) is 30.8 Å². The van der Waals surface area contributed by atoms with E-state index in [1.165, 1.54) is 4.90 Å². The molecule has 0 saturated carbocycles. The number of nitrogens with zero attached hydrogens (tertiary/aromatic N) is 1. The predicted molar refractivity (Wildman–Crippen MR) is 141 cm³/mol. The molecule has 192 valence electrons. The number of nitrogens with two attached hydrogens (primary N) is 1. The Bertz CT molecular complexity index is 1080. The number of amides is 1. The molecule has 0 aliphatic heterocycles. The van der Waals surface area contributed by atoms with Gasteiger partial charge in [-0.05, 0) is 56.2 Å². The van der Waals surface area contributed by atoms with Gasteiger partial charge >= 0.3 is 6.09 Å². The van der Waals surface area contributed by atoms with Crippen molar-refractivity contribution < 1.29 is 24.1 Å². The summed E-state index contributed by atoms with van der Waals surface area (Å²) >= 11 is 0. The highest BCUT2D eigenvalue weighted by atomic mass is 16.6. The molecular formula is C29H36N2O5. The number of aliphatic hydroxyl groups excluding tert-OH is 1. The van der Waals surface area contributed by atoms with Gasteiger partial charge in [-0.1, -0.05) is 48.5 Å². The first-order chi connectivity index (χ1) is 17.2. The van der Waals surface area contributed by atoms with Crippen LogP contribution in [0.15, 0.2) is 78.9 Å². The van der Waals surface area contributed by atoms with Crippen LogP contribution in [0.5, 0.6) is 11.5 Å². The Kier molecular flexibility index (Phi) is 9.59. The minimum absolute atomic E-state index is 0.0213. The predicted octanol–water partition coefficient (Wildman–Crippen LogP) is 5.07. The first kappa shape index (κ1) is 26.9.